The normalized spacial score (nSPS) is 11.2. The predicted molar refractivity (Wildman–Crippen MR) is 71.9 cm³/mol. The Hall–Kier alpha value is -1.33. The molecule has 0 aromatic carbocycles. The van der Waals surface area contributed by atoms with E-state index in [4.69, 9.17) is 5.73 Å². The van der Waals surface area contributed by atoms with Gasteiger partial charge in [0.15, 0.2) is 0 Å². The first-order chi connectivity index (χ1) is 8.28. The van der Waals surface area contributed by atoms with E-state index in [9.17, 15) is 0 Å². The zero-order chi connectivity index (χ0) is 12.1. The number of thiophene rings is 1. The number of hydrogen-bond donors (Lipinski definition) is 1. The van der Waals surface area contributed by atoms with Crippen LogP contribution in [0.4, 0.5) is 5.69 Å². The lowest BCUT2D eigenvalue weighted by Crippen LogP contribution is -2.26. The van der Waals surface area contributed by atoms with Gasteiger partial charge < -0.3 is 5.73 Å². The van der Waals surface area contributed by atoms with Crippen LogP contribution in [0.25, 0.3) is 0 Å². The van der Waals surface area contributed by atoms with Crippen molar-refractivity contribution in [1.29, 1.82) is 0 Å². The second-order valence-corrected chi connectivity index (χ2v) is 5.02. The van der Waals surface area contributed by atoms with Gasteiger partial charge in [-0.25, -0.2) is 0 Å². The quantitative estimate of drug-likeness (QED) is 0.853. The highest BCUT2D eigenvalue weighted by molar-refractivity contribution is 7.09. The molecule has 0 saturated heterocycles. The molecule has 0 fully saturated rings. The summed E-state index contributed by atoms with van der Waals surface area (Å²) < 4.78 is 1.90. The van der Waals surface area contributed by atoms with Gasteiger partial charge in [-0.15, -0.1) is 11.3 Å². The van der Waals surface area contributed by atoms with Crippen LogP contribution in [0.5, 0.6) is 0 Å². The topological polar surface area (TPSA) is 47.1 Å². The zero-order valence-electron chi connectivity index (χ0n) is 10.0. The monoisotopic (exact) mass is 250 g/mol. The Morgan fingerprint density at radius 1 is 1.53 bits per heavy atom. The number of anilines is 1. The largest absolute Gasteiger partial charge is 0.396 e. The molecule has 2 N–H and O–H groups in total. The van der Waals surface area contributed by atoms with Gasteiger partial charge in [0.25, 0.3) is 0 Å². The third kappa shape index (κ3) is 3.57. The average Bonchev–Trinajstić information content (AvgIpc) is 2.96. The van der Waals surface area contributed by atoms with Crippen molar-refractivity contribution in [3.8, 4) is 0 Å². The number of rotatable bonds is 6. The Labute approximate surface area is 106 Å². The van der Waals surface area contributed by atoms with Crippen LogP contribution in [0, 0.1) is 0 Å². The lowest BCUT2D eigenvalue weighted by molar-refractivity contribution is 0.265. The smallest absolute Gasteiger partial charge is 0.0719 e. The Kier molecular flexibility index (Phi) is 4.17. The van der Waals surface area contributed by atoms with Gasteiger partial charge >= 0.3 is 0 Å². The number of hydrogen-bond acceptors (Lipinski definition) is 4. The Bertz CT molecular complexity index is 435. The molecule has 92 valence electrons. The van der Waals surface area contributed by atoms with Crippen LogP contribution in [-0.2, 0) is 13.1 Å². The maximum Gasteiger partial charge on any atom is 0.0719 e. The summed E-state index contributed by atoms with van der Waals surface area (Å²) in [6, 6.07) is 4.28. The molecule has 2 aromatic rings. The van der Waals surface area contributed by atoms with E-state index in [0.29, 0.717) is 0 Å². The van der Waals surface area contributed by atoms with Crippen LogP contribution in [0.2, 0.25) is 0 Å². The Morgan fingerprint density at radius 3 is 3.00 bits per heavy atom. The lowest BCUT2D eigenvalue weighted by Gasteiger charge is -2.19. The molecular weight excluding hydrogens is 232 g/mol. The number of nitrogen functional groups attached to an aromatic ring is 1. The SMILES string of the molecule is CCN(CCn1cc(N)cn1)Cc1cccs1. The van der Waals surface area contributed by atoms with Crippen molar-refractivity contribution in [3.05, 3.63) is 34.8 Å². The highest BCUT2D eigenvalue weighted by Gasteiger charge is 2.05. The van der Waals surface area contributed by atoms with Crippen LogP contribution in [-0.4, -0.2) is 27.8 Å². The van der Waals surface area contributed by atoms with Crippen molar-refractivity contribution >= 4 is 17.0 Å². The first kappa shape index (κ1) is 12.1. The van der Waals surface area contributed by atoms with Gasteiger partial charge in [0, 0.05) is 24.2 Å². The minimum atomic E-state index is 0.728. The van der Waals surface area contributed by atoms with Crippen molar-refractivity contribution < 1.29 is 0 Å². The maximum atomic E-state index is 5.63. The van der Waals surface area contributed by atoms with Crippen LogP contribution in [0.1, 0.15) is 11.8 Å². The van der Waals surface area contributed by atoms with Gasteiger partial charge in [-0.05, 0) is 18.0 Å². The summed E-state index contributed by atoms with van der Waals surface area (Å²) in [6.45, 7) is 6.14. The van der Waals surface area contributed by atoms with Crippen molar-refractivity contribution in [2.24, 2.45) is 0 Å². The first-order valence-corrected chi connectivity index (χ1v) is 6.68. The minimum Gasteiger partial charge on any atom is -0.396 e. The van der Waals surface area contributed by atoms with E-state index < -0.39 is 0 Å². The van der Waals surface area contributed by atoms with Crippen LogP contribution in [0.15, 0.2) is 29.9 Å². The first-order valence-electron chi connectivity index (χ1n) is 5.80. The molecule has 5 heteroatoms. The summed E-state index contributed by atoms with van der Waals surface area (Å²) in [6.07, 6.45) is 3.56. The van der Waals surface area contributed by atoms with E-state index in [1.54, 1.807) is 6.20 Å². The van der Waals surface area contributed by atoms with E-state index in [0.717, 1.165) is 31.9 Å². The van der Waals surface area contributed by atoms with Gasteiger partial charge in [0.2, 0.25) is 0 Å². The molecule has 0 bridgehead atoms. The molecule has 2 rings (SSSR count). The average molecular weight is 250 g/mol. The van der Waals surface area contributed by atoms with Crippen molar-refractivity contribution in [2.45, 2.75) is 20.0 Å². The summed E-state index contributed by atoms with van der Waals surface area (Å²) in [5.41, 5.74) is 6.36. The van der Waals surface area contributed by atoms with Crippen LogP contribution in [0.3, 0.4) is 0 Å². The number of nitrogens with two attached hydrogens (primary N) is 1. The van der Waals surface area contributed by atoms with Crippen molar-refractivity contribution in [2.75, 3.05) is 18.8 Å². The molecule has 0 spiro atoms. The molecule has 4 nitrogen and oxygen atoms in total. The van der Waals surface area contributed by atoms with E-state index >= 15 is 0 Å². The maximum absolute atomic E-state index is 5.63. The molecule has 0 aliphatic rings. The number of likely N-dealkylation sites (N-methyl/N-ethyl adjacent to an activating group) is 1. The Morgan fingerprint density at radius 2 is 2.41 bits per heavy atom. The molecule has 17 heavy (non-hydrogen) atoms. The molecule has 0 unspecified atom stereocenters. The summed E-state index contributed by atoms with van der Waals surface area (Å²) in [5, 5.41) is 6.31. The summed E-state index contributed by atoms with van der Waals surface area (Å²) in [7, 11) is 0. The van der Waals surface area contributed by atoms with Crippen LogP contribution >= 0.6 is 11.3 Å². The predicted octanol–water partition coefficient (Wildman–Crippen LogP) is 2.05. The fourth-order valence-corrected chi connectivity index (χ4v) is 2.46. The second-order valence-electron chi connectivity index (χ2n) is 3.98. The van der Waals surface area contributed by atoms with Gasteiger partial charge in [0.1, 0.15) is 0 Å². The van der Waals surface area contributed by atoms with E-state index in [1.165, 1.54) is 4.88 Å². The fourth-order valence-electron chi connectivity index (χ4n) is 1.72. The lowest BCUT2D eigenvalue weighted by atomic mass is 10.4. The molecule has 0 radical (unpaired) electrons. The van der Waals surface area contributed by atoms with E-state index in [-0.39, 0.29) is 0 Å². The van der Waals surface area contributed by atoms with Crippen molar-refractivity contribution in [3.63, 3.8) is 0 Å². The highest BCUT2D eigenvalue weighted by Crippen LogP contribution is 2.11. The summed E-state index contributed by atoms with van der Waals surface area (Å²) >= 11 is 1.81. The molecule has 0 atom stereocenters. The molecule has 2 heterocycles. The fraction of sp³-hybridized carbons (Fsp3) is 0.417. The second kappa shape index (κ2) is 5.84. The van der Waals surface area contributed by atoms with E-state index in [1.807, 2.05) is 22.2 Å². The third-order valence-corrected chi connectivity index (χ3v) is 3.57. The summed E-state index contributed by atoms with van der Waals surface area (Å²) in [4.78, 5) is 3.82. The van der Waals surface area contributed by atoms with Gasteiger partial charge in [-0.2, -0.15) is 5.10 Å². The molecule has 0 aliphatic heterocycles. The molecule has 0 aliphatic carbocycles. The number of aromatic nitrogens is 2. The minimum absolute atomic E-state index is 0.728. The van der Waals surface area contributed by atoms with Gasteiger partial charge in [0.05, 0.1) is 18.4 Å². The standard InChI is InChI=1S/C12H18N4S/c1-2-15(10-12-4-3-7-17-12)5-6-16-9-11(13)8-14-16/h3-4,7-9H,2,5-6,10,13H2,1H3. The van der Waals surface area contributed by atoms with Crippen LogP contribution < -0.4 is 5.73 Å². The van der Waals surface area contributed by atoms with E-state index in [2.05, 4.69) is 34.4 Å². The zero-order valence-corrected chi connectivity index (χ0v) is 10.9. The summed E-state index contributed by atoms with van der Waals surface area (Å²) in [5.74, 6) is 0. The molecule has 0 saturated carbocycles. The van der Waals surface area contributed by atoms with Crippen molar-refractivity contribution in [1.82, 2.24) is 14.7 Å². The highest BCUT2D eigenvalue weighted by atomic mass is 32.1. The molecule has 0 amide bonds. The Balaban J connectivity index is 1.83. The number of nitrogens with zero attached hydrogens (tertiary/aromatic N) is 3. The van der Waals surface area contributed by atoms with Gasteiger partial charge in [-0.1, -0.05) is 13.0 Å². The third-order valence-electron chi connectivity index (χ3n) is 2.71. The van der Waals surface area contributed by atoms with Gasteiger partial charge in [-0.3, -0.25) is 9.58 Å². The molecular formula is C12H18N4S. The molecule has 2 aromatic heterocycles.